The molecule has 0 bridgehead atoms. The van der Waals surface area contributed by atoms with Crippen molar-refractivity contribution in [1.29, 1.82) is 0 Å². The van der Waals surface area contributed by atoms with E-state index in [9.17, 15) is 28.9 Å². The first-order valence-corrected chi connectivity index (χ1v) is 12.0. The Kier molecular flexibility index (Phi) is 6.63. The predicted molar refractivity (Wildman–Crippen MR) is 101 cm³/mol. The van der Waals surface area contributed by atoms with Gasteiger partial charge in [0.2, 0.25) is 13.1 Å². The fourth-order valence-electron chi connectivity index (χ4n) is 2.53. The molecule has 0 aliphatic heterocycles. The minimum atomic E-state index is -5.31. The van der Waals surface area contributed by atoms with E-state index >= 15 is 0 Å². The van der Waals surface area contributed by atoms with Crippen molar-refractivity contribution in [2.75, 3.05) is 13.3 Å². The highest BCUT2D eigenvalue weighted by Crippen LogP contribution is 2.67. The molecule has 0 aliphatic carbocycles. The second kappa shape index (κ2) is 8.23. The molecule has 2 atom stereocenters. The molecule has 0 amide bonds. The highest BCUT2D eigenvalue weighted by molar-refractivity contribution is 7.74. The van der Waals surface area contributed by atoms with Gasteiger partial charge in [0.05, 0.1) is 6.61 Å². The van der Waals surface area contributed by atoms with Gasteiger partial charge in [-0.3, -0.25) is 9.13 Å². The van der Waals surface area contributed by atoms with Gasteiger partial charge in [0.15, 0.2) is 12.7 Å². The number of nitrogens with zero attached hydrogens (tertiary/aromatic N) is 1. The van der Waals surface area contributed by atoms with Gasteiger partial charge in [0.25, 0.3) is 0 Å². The Morgan fingerprint density at radius 3 is 2.41 bits per heavy atom. The second-order valence-corrected chi connectivity index (χ2v) is 11.0. The molecule has 0 aliphatic rings. The Labute approximate surface area is 157 Å². The summed E-state index contributed by atoms with van der Waals surface area (Å²) in [4.78, 5) is 28.9. The van der Waals surface area contributed by atoms with Gasteiger partial charge < -0.3 is 24.5 Å². The quantitative estimate of drug-likeness (QED) is 0.383. The first-order valence-electron chi connectivity index (χ1n) is 8.29. The molecule has 0 spiro atoms. The summed E-state index contributed by atoms with van der Waals surface area (Å²) >= 11 is 0. The van der Waals surface area contributed by atoms with Crippen molar-refractivity contribution in [3.8, 4) is 17.0 Å². The van der Waals surface area contributed by atoms with Gasteiger partial charge in [-0.2, -0.15) is 4.57 Å². The molecule has 2 aromatic rings. The van der Waals surface area contributed by atoms with Gasteiger partial charge >= 0.3 is 12.7 Å². The zero-order valence-electron chi connectivity index (χ0n) is 15.1. The van der Waals surface area contributed by atoms with Crippen LogP contribution < -0.4 is 9.30 Å². The molecule has 27 heavy (non-hydrogen) atoms. The van der Waals surface area contributed by atoms with Crippen LogP contribution in [-0.4, -0.2) is 38.1 Å². The summed E-state index contributed by atoms with van der Waals surface area (Å²) in [6, 6.07) is 12.1. The van der Waals surface area contributed by atoms with Crippen LogP contribution in [0.4, 0.5) is 0 Å². The van der Waals surface area contributed by atoms with E-state index in [0.29, 0.717) is 23.6 Å². The fourth-order valence-corrected chi connectivity index (χ4v) is 5.22. The van der Waals surface area contributed by atoms with Crippen LogP contribution in [0, 0.1) is 0 Å². The molecule has 2 unspecified atom stereocenters. The standard InChI is InChI=1S/C17H23NO7P2/c1-3-11-25-15-8-6-7-14(12-15)16-9-4-5-10-18(16)13-17(19,26(2,20)21)27(22,23)24/h4-10,12,19H,3,11,13H2,1-2H3,(H2-,20,21,22,23,24)/p+1. The van der Waals surface area contributed by atoms with Crippen LogP contribution in [0.5, 0.6) is 5.75 Å². The van der Waals surface area contributed by atoms with E-state index < -0.39 is 26.6 Å². The number of hydrogen-bond donors (Lipinski definition) is 4. The van der Waals surface area contributed by atoms with Gasteiger partial charge in [-0.15, -0.1) is 0 Å². The monoisotopic (exact) mass is 416 g/mol. The number of benzene rings is 1. The van der Waals surface area contributed by atoms with E-state index in [1.807, 2.05) is 6.92 Å². The summed E-state index contributed by atoms with van der Waals surface area (Å²) in [6.45, 7) is 2.50. The molecular weight excluding hydrogens is 392 g/mol. The molecule has 1 aromatic heterocycles. The highest BCUT2D eigenvalue weighted by Gasteiger charge is 2.60. The maximum Gasteiger partial charge on any atom is 0.373 e. The molecule has 148 valence electrons. The van der Waals surface area contributed by atoms with E-state index in [-0.39, 0.29) is 0 Å². The average molecular weight is 416 g/mol. The van der Waals surface area contributed by atoms with Gasteiger partial charge in [0.1, 0.15) is 5.75 Å². The van der Waals surface area contributed by atoms with Gasteiger partial charge in [-0.05, 0) is 30.7 Å². The first-order chi connectivity index (χ1) is 12.5. The third kappa shape index (κ3) is 4.85. The Balaban J connectivity index is 2.50. The molecule has 0 radical (unpaired) electrons. The van der Waals surface area contributed by atoms with Crippen LogP contribution in [0.25, 0.3) is 11.3 Å². The smallest absolute Gasteiger partial charge is 0.373 e. The van der Waals surface area contributed by atoms with Crippen LogP contribution in [-0.2, 0) is 15.7 Å². The Morgan fingerprint density at radius 1 is 1.11 bits per heavy atom. The lowest BCUT2D eigenvalue weighted by atomic mass is 10.1. The van der Waals surface area contributed by atoms with E-state index in [0.717, 1.165) is 13.1 Å². The number of aromatic nitrogens is 1. The lowest BCUT2D eigenvalue weighted by Gasteiger charge is -2.28. The van der Waals surface area contributed by atoms with Crippen molar-refractivity contribution in [2.24, 2.45) is 0 Å². The summed E-state index contributed by atoms with van der Waals surface area (Å²) in [5, 5.41) is 7.36. The third-order valence-electron chi connectivity index (χ3n) is 4.06. The van der Waals surface area contributed by atoms with Crippen molar-refractivity contribution < 1.29 is 38.2 Å². The van der Waals surface area contributed by atoms with E-state index in [1.165, 1.54) is 10.8 Å². The number of rotatable bonds is 8. The lowest BCUT2D eigenvalue weighted by Crippen LogP contribution is -2.48. The Morgan fingerprint density at radius 2 is 1.81 bits per heavy atom. The highest BCUT2D eigenvalue weighted by atomic mass is 31.2. The maximum absolute atomic E-state index is 12.1. The molecule has 0 fully saturated rings. The number of ether oxygens (including phenoxy) is 1. The largest absolute Gasteiger partial charge is 0.494 e. The summed E-state index contributed by atoms with van der Waals surface area (Å²) in [5.41, 5.74) is 1.17. The third-order valence-corrected chi connectivity index (χ3v) is 8.50. The number of aliphatic hydroxyl groups is 1. The molecular formula is C17H24NO7P2+. The molecule has 0 saturated carbocycles. The maximum atomic E-state index is 12.1. The lowest BCUT2D eigenvalue weighted by molar-refractivity contribution is -0.692. The normalized spacial score (nSPS) is 16.4. The fraction of sp³-hybridized carbons (Fsp3) is 0.353. The van der Waals surface area contributed by atoms with Crippen LogP contribution in [0.1, 0.15) is 13.3 Å². The molecule has 1 aromatic carbocycles. The number of hydrogen-bond acceptors (Lipinski definition) is 4. The SMILES string of the molecule is CCCOc1cccc(-c2cccc[n+]2CC(O)(P(C)(=O)O)P(=O)(O)O)c1. The Bertz CT molecular complexity index is 868. The van der Waals surface area contributed by atoms with E-state index in [4.69, 9.17) is 4.74 Å². The van der Waals surface area contributed by atoms with E-state index in [2.05, 4.69) is 0 Å². The molecule has 2 rings (SSSR count). The second-order valence-electron chi connectivity index (χ2n) is 6.29. The van der Waals surface area contributed by atoms with Crippen LogP contribution in [0.15, 0.2) is 48.7 Å². The molecule has 10 heteroatoms. The van der Waals surface area contributed by atoms with Crippen LogP contribution in [0.2, 0.25) is 0 Å². The van der Waals surface area contributed by atoms with Gasteiger partial charge in [-0.25, -0.2) is 0 Å². The van der Waals surface area contributed by atoms with Crippen molar-refractivity contribution in [3.05, 3.63) is 48.7 Å². The van der Waals surface area contributed by atoms with Crippen molar-refractivity contribution in [1.82, 2.24) is 0 Å². The van der Waals surface area contributed by atoms with Crippen LogP contribution in [0.3, 0.4) is 0 Å². The summed E-state index contributed by atoms with van der Waals surface area (Å²) in [7, 11) is -9.88. The van der Waals surface area contributed by atoms with Crippen molar-refractivity contribution in [3.63, 3.8) is 0 Å². The van der Waals surface area contributed by atoms with E-state index in [1.54, 1.807) is 42.5 Å². The molecule has 0 saturated heterocycles. The van der Waals surface area contributed by atoms with Crippen molar-refractivity contribution >= 4 is 15.0 Å². The minimum Gasteiger partial charge on any atom is -0.494 e. The summed E-state index contributed by atoms with van der Waals surface area (Å²) in [5.74, 6) is 0.623. The zero-order valence-corrected chi connectivity index (χ0v) is 16.9. The summed E-state index contributed by atoms with van der Waals surface area (Å²) in [6.07, 6.45) is 2.32. The van der Waals surface area contributed by atoms with Gasteiger partial charge in [-0.1, -0.05) is 13.0 Å². The minimum absolute atomic E-state index is 0.500. The summed E-state index contributed by atoms with van der Waals surface area (Å²) < 4.78 is 30.8. The predicted octanol–water partition coefficient (Wildman–Crippen LogP) is 2.15. The average Bonchev–Trinajstić information content (AvgIpc) is 2.58. The number of pyridine rings is 1. The zero-order chi connectivity index (χ0) is 20.3. The topological polar surface area (TPSA) is 128 Å². The molecule has 8 nitrogen and oxygen atoms in total. The molecule has 4 N–H and O–H groups in total. The van der Waals surface area contributed by atoms with Crippen molar-refractivity contribution in [2.45, 2.75) is 25.0 Å². The van der Waals surface area contributed by atoms with Crippen LogP contribution >= 0.6 is 15.0 Å². The van der Waals surface area contributed by atoms with Gasteiger partial charge in [0, 0.05) is 24.4 Å². The Hall–Kier alpha value is -1.53. The first kappa shape index (κ1) is 21.8. The molecule has 1 heterocycles.